The van der Waals surface area contributed by atoms with Gasteiger partial charge in [0.25, 0.3) is 0 Å². The van der Waals surface area contributed by atoms with Crippen LogP contribution >= 0.6 is 0 Å². The van der Waals surface area contributed by atoms with Gasteiger partial charge in [0.05, 0.1) is 12.7 Å². The van der Waals surface area contributed by atoms with Gasteiger partial charge in [-0.25, -0.2) is 0 Å². The SMILES string of the molecule is COCC(O)CCNc1ccc(N)c(C)c1. The molecule has 0 heterocycles. The summed E-state index contributed by atoms with van der Waals surface area (Å²) in [6.07, 6.45) is 0.254. The molecule has 1 rings (SSSR count). The molecule has 16 heavy (non-hydrogen) atoms. The number of aliphatic hydroxyl groups excluding tert-OH is 1. The van der Waals surface area contributed by atoms with Gasteiger partial charge in [0.15, 0.2) is 0 Å². The molecule has 0 fully saturated rings. The Balaban J connectivity index is 2.34. The number of rotatable bonds is 6. The van der Waals surface area contributed by atoms with E-state index in [0.29, 0.717) is 19.6 Å². The first kappa shape index (κ1) is 12.8. The third kappa shape index (κ3) is 4.08. The van der Waals surface area contributed by atoms with Crippen LogP contribution < -0.4 is 11.1 Å². The van der Waals surface area contributed by atoms with Crippen molar-refractivity contribution in [3.63, 3.8) is 0 Å². The third-order valence-electron chi connectivity index (χ3n) is 2.44. The van der Waals surface area contributed by atoms with E-state index in [1.165, 1.54) is 0 Å². The van der Waals surface area contributed by atoms with Gasteiger partial charge >= 0.3 is 0 Å². The summed E-state index contributed by atoms with van der Waals surface area (Å²) in [4.78, 5) is 0. The summed E-state index contributed by atoms with van der Waals surface area (Å²) < 4.78 is 4.85. The Kier molecular flexibility index (Phi) is 5.08. The van der Waals surface area contributed by atoms with Crippen LogP contribution in [0.1, 0.15) is 12.0 Å². The van der Waals surface area contributed by atoms with Crippen LogP contribution in [0.2, 0.25) is 0 Å². The van der Waals surface area contributed by atoms with Crippen molar-refractivity contribution < 1.29 is 9.84 Å². The maximum Gasteiger partial charge on any atom is 0.0790 e. The highest BCUT2D eigenvalue weighted by Gasteiger charge is 2.02. The van der Waals surface area contributed by atoms with Crippen molar-refractivity contribution in [3.8, 4) is 0 Å². The lowest BCUT2D eigenvalue weighted by molar-refractivity contribution is 0.0615. The molecule has 0 saturated heterocycles. The largest absolute Gasteiger partial charge is 0.399 e. The van der Waals surface area contributed by atoms with E-state index in [0.717, 1.165) is 16.9 Å². The first-order chi connectivity index (χ1) is 7.63. The first-order valence-electron chi connectivity index (χ1n) is 5.40. The van der Waals surface area contributed by atoms with Crippen molar-refractivity contribution in [1.82, 2.24) is 0 Å². The van der Waals surface area contributed by atoms with Gasteiger partial charge in [-0.2, -0.15) is 0 Å². The molecular weight excluding hydrogens is 204 g/mol. The topological polar surface area (TPSA) is 67.5 Å². The normalized spacial score (nSPS) is 12.4. The Hall–Kier alpha value is -1.26. The summed E-state index contributed by atoms with van der Waals surface area (Å²) in [7, 11) is 1.58. The molecule has 0 aliphatic rings. The number of methoxy groups -OCH3 is 1. The zero-order valence-electron chi connectivity index (χ0n) is 9.86. The number of aliphatic hydroxyl groups is 1. The predicted molar refractivity (Wildman–Crippen MR) is 66.6 cm³/mol. The Morgan fingerprint density at radius 1 is 1.50 bits per heavy atom. The molecule has 0 amide bonds. The number of nitrogens with one attached hydrogen (secondary N) is 1. The molecule has 4 heteroatoms. The van der Waals surface area contributed by atoms with Crippen molar-refractivity contribution in [2.45, 2.75) is 19.4 Å². The highest BCUT2D eigenvalue weighted by molar-refractivity contribution is 5.56. The zero-order valence-corrected chi connectivity index (χ0v) is 9.86. The summed E-state index contributed by atoms with van der Waals surface area (Å²) in [5, 5.41) is 12.7. The fourth-order valence-corrected chi connectivity index (χ4v) is 1.44. The van der Waals surface area contributed by atoms with E-state index in [-0.39, 0.29) is 0 Å². The maximum atomic E-state index is 9.44. The summed E-state index contributed by atoms with van der Waals surface area (Å²) >= 11 is 0. The molecule has 4 nitrogen and oxygen atoms in total. The molecule has 1 aromatic carbocycles. The fourth-order valence-electron chi connectivity index (χ4n) is 1.44. The summed E-state index contributed by atoms with van der Waals surface area (Å²) in [6, 6.07) is 5.81. The highest BCUT2D eigenvalue weighted by atomic mass is 16.5. The predicted octanol–water partition coefficient (Wildman–Crippen LogP) is 1.39. The maximum absolute atomic E-state index is 9.44. The average Bonchev–Trinajstić information content (AvgIpc) is 2.24. The van der Waals surface area contributed by atoms with E-state index >= 15 is 0 Å². The van der Waals surface area contributed by atoms with Crippen molar-refractivity contribution in [2.75, 3.05) is 31.3 Å². The molecule has 90 valence electrons. The second-order valence-electron chi connectivity index (χ2n) is 3.90. The molecule has 0 aliphatic heterocycles. The highest BCUT2D eigenvalue weighted by Crippen LogP contribution is 2.16. The van der Waals surface area contributed by atoms with Gasteiger partial charge in [0.2, 0.25) is 0 Å². The summed E-state index contributed by atoms with van der Waals surface area (Å²) in [5.41, 5.74) is 8.60. The fraction of sp³-hybridized carbons (Fsp3) is 0.500. The van der Waals surface area contributed by atoms with Crippen LogP contribution in [0.15, 0.2) is 18.2 Å². The van der Waals surface area contributed by atoms with Crippen LogP contribution in [-0.2, 0) is 4.74 Å². The van der Waals surface area contributed by atoms with Crippen molar-refractivity contribution >= 4 is 11.4 Å². The van der Waals surface area contributed by atoms with Crippen molar-refractivity contribution in [1.29, 1.82) is 0 Å². The minimum absolute atomic E-state index is 0.377. The molecule has 0 bridgehead atoms. The molecule has 4 N–H and O–H groups in total. The number of ether oxygens (including phenoxy) is 1. The van der Waals surface area contributed by atoms with E-state index in [1.54, 1.807) is 7.11 Å². The third-order valence-corrected chi connectivity index (χ3v) is 2.44. The standard InChI is InChI=1S/C12H20N2O2/c1-9-7-10(3-4-12(9)13)14-6-5-11(15)8-16-2/h3-4,7,11,14-15H,5-6,8,13H2,1-2H3. The lowest BCUT2D eigenvalue weighted by Gasteiger charge is -2.11. The smallest absolute Gasteiger partial charge is 0.0790 e. The number of nitrogens with two attached hydrogens (primary N) is 1. The molecule has 0 aromatic heterocycles. The van der Waals surface area contributed by atoms with Crippen LogP contribution in [-0.4, -0.2) is 31.5 Å². The Morgan fingerprint density at radius 3 is 2.88 bits per heavy atom. The zero-order chi connectivity index (χ0) is 12.0. The molecular formula is C12H20N2O2. The number of anilines is 2. The molecule has 1 aromatic rings. The van der Waals surface area contributed by atoms with E-state index in [2.05, 4.69) is 5.32 Å². The van der Waals surface area contributed by atoms with Gasteiger partial charge in [-0.3, -0.25) is 0 Å². The van der Waals surface area contributed by atoms with E-state index in [1.807, 2.05) is 25.1 Å². The molecule has 0 spiro atoms. The molecule has 1 unspecified atom stereocenters. The van der Waals surface area contributed by atoms with Crippen LogP contribution in [0.5, 0.6) is 0 Å². The molecule has 0 radical (unpaired) electrons. The second kappa shape index (κ2) is 6.35. The number of hydrogen-bond acceptors (Lipinski definition) is 4. The lowest BCUT2D eigenvalue weighted by atomic mass is 10.2. The minimum atomic E-state index is -0.410. The number of hydrogen-bond donors (Lipinski definition) is 3. The summed E-state index contributed by atoms with van der Waals surface area (Å²) in [5.74, 6) is 0. The second-order valence-corrected chi connectivity index (χ2v) is 3.90. The monoisotopic (exact) mass is 224 g/mol. The first-order valence-corrected chi connectivity index (χ1v) is 5.40. The van der Waals surface area contributed by atoms with Crippen LogP contribution in [0.3, 0.4) is 0 Å². The van der Waals surface area contributed by atoms with E-state index in [4.69, 9.17) is 10.5 Å². The molecule has 1 atom stereocenters. The van der Waals surface area contributed by atoms with Crippen molar-refractivity contribution in [3.05, 3.63) is 23.8 Å². The molecule has 0 aliphatic carbocycles. The Morgan fingerprint density at radius 2 is 2.25 bits per heavy atom. The van der Waals surface area contributed by atoms with Gasteiger partial charge in [-0.15, -0.1) is 0 Å². The van der Waals surface area contributed by atoms with Crippen LogP contribution in [0.25, 0.3) is 0 Å². The van der Waals surface area contributed by atoms with Gasteiger partial charge in [-0.1, -0.05) is 0 Å². The van der Waals surface area contributed by atoms with Crippen molar-refractivity contribution in [2.24, 2.45) is 0 Å². The van der Waals surface area contributed by atoms with Gasteiger partial charge in [-0.05, 0) is 37.1 Å². The van der Waals surface area contributed by atoms with E-state index < -0.39 is 6.10 Å². The lowest BCUT2D eigenvalue weighted by Crippen LogP contribution is -2.18. The van der Waals surface area contributed by atoms with Crippen LogP contribution in [0.4, 0.5) is 11.4 Å². The molecule has 0 saturated carbocycles. The summed E-state index contributed by atoms with van der Waals surface area (Å²) in [6.45, 7) is 3.07. The van der Waals surface area contributed by atoms with Gasteiger partial charge in [0.1, 0.15) is 0 Å². The number of nitrogen functional groups attached to an aromatic ring is 1. The minimum Gasteiger partial charge on any atom is -0.399 e. The quantitative estimate of drug-likeness (QED) is 0.639. The average molecular weight is 224 g/mol. The number of benzene rings is 1. The number of aryl methyl sites for hydroxylation is 1. The Labute approximate surface area is 96.4 Å². The van der Waals surface area contributed by atoms with Gasteiger partial charge in [0, 0.05) is 25.0 Å². The van der Waals surface area contributed by atoms with E-state index in [9.17, 15) is 5.11 Å². The Bertz CT molecular complexity index is 329. The van der Waals surface area contributed by atoms with Gasteiger partial charge < -0.3 is 20.9 Å². The van der Waals surface area contributed by atoms with Crippen LogP contribution in [0, 0.1) is 6.92 Å².